The molecule has 0 N–H and O–H groups in total. The minimum absolute atomic E-state index is 0.153. The summed E-state index contributed by atoms with van der Waals surface area (Å²) in [5, 5.41) is 4.82. The van der Waals surface area contributed by atoms with E-state index >= 15 is 0 Å². The maximum atomic E-state index is 11.1. The maximum absolute atomic E-state index is 11.1. The molecule has 0 saturated carbocycles. The van der Waals surface area contributed by atoms with E-state index in [0.29, 0.717) is 18.2 Å². The lowest BCUT2D eigenvalue weighted by molar-refractivity contribution is 0.345. The topological polar surface area (TPSA) is 55.2 Å². The van der Waals surface area contributed by atoms with Crippen LogP contribution < -0.4 is 0 Å². The van der Waals surface area contributed by atoms with Crippen molar-refractivity contribution >= 4 is 21.4 Å². The van der Waals surface area contributed by atoms with Crippen molar-refractivity contribution in [1.29, 1.82) is 0 Å². The van der Waals surface area contributed by atoms with Crippen molar-refractivity contribution in [3.8, 4) is 0 Å². The van der Waals surface area contributed by atoms with E-state index in [4.69, 9.17) is 11.6 Å². The quantitative estimate of drug-likeness (QED) is 0.802. The van der Waals surface area contributed by atoms with Gasteiger partial charge in [0.25, 0.3) is 0 Å². The molecule has 1 heterocycles. The van der Waals surface area contributed by atoms with Gasteiger partial charge in [-0.25, -0.2) is 8.42 Å². The summed E-state index contributed by atoms with van der Waals surface area (Å²) in [6, 6.07) is 0. The molecule has 0 aliphatic rings. The van der Waals surface area contributed by atoms with Gasteiger partial charge in [-0.2, -0.15) is 5.10 Å². The smallest absolute Gasteiger partial charge is 0.148 e. The Morgan fingerprint density at radius 1 is 1.47 bits per heavy atom. The van der Waals surface area contributed by atoms with Crippen LogP contribution >= 0.6 is 11.6 Å². The monoisotopic (exact) mass is 279 g/mol. The van der Waals surface area contributed by atoms with Crippen molar-refractivity contribution in [2.45, 2.75) is 13.5 Å². The summed E-state index contributed by atoms with van der Waals surface area (Å²) < 4.78 is 23.7. The summed E-state index contributed by atoms with van der Waals surface area (Å²) in [6.45, 7) is 2.99. The van der Waals surface area contributed by atoms with E-state index < -0.39 is 9.84 Å². The van der Waals surface area contributed by atoms with Gasteiger partial charge in [0.05, 0.1) is 11.4 Å². The van der Waals surface area contributed by atoms with Crippen LogP contribution in [-0.4, -0.2) is 48.7 Å². The summed E-state index contributed by atoms with van der Waals surface area (Å²) >= 11 is 6.10. The molecule has 0 aliphatic carbocycles. The summed E-state index contributed by atoms with van der Waals surface area (Å²) in [7, 11) is 0.734. The van der Waals surface area contributed by atoms with Crippen molar-refractivity contribution in [3.05, 3.63) is 16.4 Å². The third-order valence-electron chi connectivity index (χ3n) is 2.54. The first-order valence-corrected chi connectivity index (χ1v) is 7.69. The van der Waals surface area contributed by atoms with Crippen molar-refractivity contribution in [1.82, 2.24) is 14.7 Å². The average molecular weight is 280 g/mol. The molecule has 0 amide bonds. The molecule has 0 spiro atoms. The molecule has 7 heteroatoms. The number of sulfone groups is 1. The van der Waals surface area contributed by atoms with Crippen LogP contribution in [0, 0.1) is 6.92 Å². The Morgan fingerprint density at radius 3 is 2.47 bits per heavy atom. The highest BCUT2D eigenvalue weighted by Crippen LogP contribution is 2.19. The zero-order valence-electron chi connectivity index (χ0n) is 10.6. The zero-order valence-corrected chi connectivity index (χ0v) is 12.1. The van der Waals surface area contributed by atoms with E-state index in [1.807, 2.05) is 18.9 Å². The number of aryl methyl sites for hydroxylation is 2. The second kappa shape index (κ2) is 5.37. The Bertz CT molecular complexity index is 496. The van der Waals surface area contributed by atoms with Crippen LogP contribution in [0.25, 0.3) is 0 Å². The molecule has 0 aromatic carbocycles. The summed E-state index contributed by atoms with van der Waals surface area (Å²) in [6.07, 6.45) is 1.24. The number of hydrogen-bond donors (Lipinski definition) is 0. The highest BCUT2D eigenvalue weighted by Gasteiger charge is 2.14. The van der Waals surface area contributed by atoms with E-state index in [-0.39, 0.29) is 5.75 Å². The molecule has 1 aromatic heterocycles. The SMILES string of the molecule is Cc1nn(C)c(Cl)c1CN(C)CCS(C)(=O)=O. The Labute approximate surface area is 107 Å². The van der Waals surface area contributed by atoms with Crippen LogP contribution in [-0.2, 0) is 23.4 Å². The number of rotatable bonds is 5. The van der Waals surface area contributed by atoms with E-state index in [2.05, 4.69) is 5.10 Å². The Kier molecular flexibility index (Phi) is 4.57. The second-order valence-corrected chi connectivity index (χ2v) is 6.96. The number of halogens is 1. The average Bonchev–Trinajstić information content (AvgIpc) is 2.41. The van der Waals surface area contributed by atoms with Crippen LogP contribution in [0.15, 0.2) is 0 Å². The number of aromatic nitrogens is 2. The fourth-order valence-corrected chi connectivity index (χ4v) is 2.40. The Balaban J connectivity index is 2.65. The molecule has 0 saturated heterocycles. The van der Waals surface area contributed by atoms with Gasteiger partial charge < -0.3 is 4.90 Å². The maximum Gasteiger partial charge on any atom is 0.148 e. The van der Waals surface area contributed by atoms with Gasteiger partial charge >= 0.3 is 0 Å². The van der Waals surface area contributed by atoms with Crippen LogP contribution in [0.4, 0.5) is 0 Å². The molecule has 0 unspecified atom stereocenters. The molecule has 0 radical (unpaired) electrons. The van der Waals surface area contributed by atoms with Gasteiger partial charge in [-0.05, 0) is 14.0 Å². The molecule has 98 valence electrons. The first-order chi connectivity index (χ1) is 7.70. The highest BCUT2D eigenvalue weighted by atomic mass is 35.5. The van der Waals surface area contributed by atoms with Crippen LogP contribution in [0.1, 0.15) is 11.3 Å². The second-order valence-electron chi connectivity index (χ2n) is 4.35. The van der Waals surface area contributed by atoms with Gasteiger partial charge in [0.2, 0.25) is 0 Å². The van der Waals surface area contributed by atoms with Gasteiger partial charge in [-0.15, -0.1) is 0 Å². The summed E-state index contributed by atoms with van der Waals surface area (Å²) in [5.41, 5.74) is 1.83. The van der Waals surface area contributed by atoms with E-state index in [0.717, 1.165) is 11.3 Å². The van der Waals surface area contributed by atoms with E-state index in [1.54, 1.807) is 11.7 Å². The lowest BCUT2D eigenvalue weighted by atomic mass is 10.2. The Hall–Kier alpha value is -0.590. The van der Waals surface area contributed by atoms with Gasteiger partial charge in [0.1, 0.15) is 15.0 Å². The molecule has 1 aromatic rings. The third kappa shape index (κ3) is 4.29. The van der Waals surface area contributed by atoms with Crippen molar-refractivity contribution < 1.29 is 8.42 Å². The minimum atomic E-state index is -2.92. The van der Waals surface area contributed by atoms with Gasteiger partial charge in [-0.3, -0.25) is 4.68 Å². The Morgan fingerprint density at radius 2 is 2.06 bits per heavy atom. The normalized spacial score (nSPS) is 12.4. The molecular weight excluding hydrogens is 262 g/mol. The fourth-order valence-electron chi connectivity index (χ4n) is 1.52. The molecule has 0 atom stereocenters. The van der Waals surface area contributed by atoms with Crippen LogP contribution in [0.2, 0.25) is 5.15 Å². The van der Waals surface area contributed by atoms with Gasteiger partial charge in [0, 0.05) is 32.0 Å². The van der Waals surface area contributed by atoms with Gasteiger partial charge in [0.15, 0.2) is 0 Å². The van der Waals surface area contributed by atoms with E-state index in [1.165, 1.54) is 6.26 Å². The van der Waals surface area contributed by atoms with Crippen molar-refractivity contribution in [2.24, 2.45) is 7.05 Å². The number of nitrogens with zero attached hydrogens (tertiary/aromatic N) is 3. The van der Waals surface area contributed by atoms with Crippen LogP contribution in [0.3, 0.4) is 0 Å². The first kappa shape index (κ1) is 14.5. The molecular formula is C10H18ClN3O2S. The van der Waals surface area contributed by atoms with Crippen molar-refractivity contribution in [2.75, 3.05) is 25.6 Å². The summed E-state index contributed by atoms with van der Waals surface area (Å²) in [5.74, 6) is 0.153. The largest absolute Gasteiger partial charge is 0.301 e. The molecule has 0 bridgehead atoms. The fraction of sp³-hybridized carbons (Fsp3) is 0.700. The molecule has 1 rings (SSSR count). The predicted octanol–water partition coefficient (Wildman–Crippen LogP) is 0.858. The highest BCUT2D eigenvalue weighted by molar-refractivity contribution is 7.90. The van der Waals surface area contributed by atoms with E-state index in [9.17, 15) is 8.42 Å². The predicted molar refractivity (Wildman–Crippen MR) is 69.0 cm³/mol. The lowest BCUT2D eigenvalue weighted by Gasteiger charge is -2.15. The first-order valence-electron chi connectivity index (χ1n) is 5.25. The van der Waals surface area contributed by atoms with Crippen molar-refractivity contribution in [3.63, 3.8) is 0 Å². The molecule has 0 fully saturated rings. The third-order valence-corrected chi connectivity index (χ3v) is 3.94. The molecule has 5 nitrogen and oxygen atoms in total. The summed E-state index contributed by atoms with van der Waals surface area (Å²) in [4.78, 5) is 1.93. The molecule has 0 aliphatic heterocycles. The van der Waals surface area contributed by atoms with Gasteiger partial charge in [-0.1, -0.05) is 11.6 Å². The standard InChI is InChI=1S/C10H18ClN3O2S/c1-8-9(10(11)14(3)12-8)7-13(2)5-6-17(4,15)16/h5-7H2,1-4H3. The zero-order chi connectivity index (χ0) is 13.2. The van der Waals surface area contributed by atoms with Crippen LogP contribution in [0.5, 0.6) is 0 Å². The minimum Gasteiger partial charge on any atom is -0.301 e. The lowest BCUT2D eigenvalue weighted by Crippen LogP contribution is -2.25. The molecule has 17 heavy (non-hydrogen) atoms. The number of hydrogen-bond acceptors (Lipinski definition) is 4.